The van der Waals surface area contributed by atoms with Crippen LogP contribution in [0.15, 0.2) is 29.3 Å². The Labute approximate surface area is 215 Å². The van der Waals surface area contributed by atoms with Crippen LogP contribution in [-0.4, -0.2) is 49.6 Å². The van der Waals surface area contributed by atoms with Gasteiger partial charge in [0.2, 0.25) is 15.9 Å². The van der Waals surface area contributed by atoms with Crippen molar-refractivity contribution in [3.63, 3.8) is 0 Å². The Hall–Kier alpha value is -3.98. The maximum absolute atomic E-state index is 14.9. The number of carbonyl (C=O) groups is 2. The SMILES string of the molecule is COc1nc2ncc3c(c2cc1F)N(Cc1c(F)cc(S(N)(=O)=O)cc1F)C(=O)CN3C(=O)OC(C)(C)C. The third-order valence-electron chi connectivity index (χ3n) is 5.45. The zero-order valence-electron chi connectivity index (χ0n) is 20.6. The van der Waals surface area contributed by atoms with Crippen molar-refractivity contribution in [2.45, 2.75) is 37.8 Å². The zero-order valence-corrected chi connectivity index (χ0v) is 21.4. The fourth-order valence-electron chi connectivity index (χ4n) is 3.81. The summed E-state index contributed by atoms with van der Waals surface area (Å²) in [6.45, 7) is 3.50. The lowest BCUT2D eigenvalue weighted by Gasteiger charge is -2.37. The van der Waals surface area contributed by atoms with Crippen molar-refractivity contribution in [1.29, 1.82) is 0 Å². The van der Waals surface area contributed by atoms with Gasteiger partial charge in [0.1, 0.15) is 23.8 Å². The number of rotatable bonds is 4. The Morgan fingerprint density at radius 3 is 2.32 bits per heavy atom. The smallest absolute Gasteiger partial charge is 0.415 e. The highest BCUT2D eigenvalue weighted by Gasteiger charge is 2.38. The number of sulfonamides is 1. The third-order valence-corrected chi connectivity index (χ3v) is 6.35. The molecule has 0 unspecified atom stereocenters. The van der Waals surface area contributed by atoms with Crippen LogP contribution in [0.3, 0.4) is 0 Å². The van der Waals surface area contributed by atoms with Crippen LogP contribution in [0.5, 0.6) is 5.88 Å². The minimum Gasteiger partial charge on any atom is -0.479 e. The lowest BCUT2D eigenvalue weighted by molar-refractivity contribution is -0.117. The molecule has 2 aromatic heterocycles. The molecule has 1 aliphatic heterocycles. The molecule has 202 valence electrons. The highest BCUT2D eigenvalue weighted by molar-refractivity contribution is 7.89. The van der Waals surface area contributed by atoms with E-state index in [-0.39, 0.29) is 22.4 Å². The van der Waals surface area contributed by atoms with E-state index in [0.717, 1.165) is 15.9 Å². The number of pyridine rings is 2. The van der Waals surface area contributed by atoms with Crippen LogP contribution in [0, 0.1) is 17.5 Å². The highest BCUT2D eigenvalue weighted by atomic mass is 32.2. The van der Waals surface area contributed by atoms with Gasteiger partial charge in [-0.2, -0.15) is 4.98 Å². The van der Waals surface area contributed by atoms with Crippen molar-refractivity contribution in [2.75, 3.05) is 23.5 Å². The molecule has 0 aliphatic carbocycles. The molecule has 1 aromatic carbocycles. The summed E-state index contributed by atoms with van der Waals surface area (Å²) in [5.74, 6) is -4.70. The molecule has 0 saturated carbocycles. The predicted octanol–water partition coefficient (Wildman–Crippen LogP) is 2.99. The number of benzene rings is 1. The molecule has 0 saturated heterocycles. The Bertz CT molecular complexity index is 1570. The van der Waals surface area contributed by atoms with Crippen molar-refractivity contribution in [2.24, 2.45) is 5.14 Å². The molecule has 0 spiro atoms. The number of nitrogens with two attached hydrogens (primary N) is 1. The predicted molar refractivity (Wildman–Crippen MR) is 129 cm³/mol. The van der Waals surface area contributed by atoms with E-state index in [2.05, 4.69) is 9.97 Å². The average Bonchev–Trinajstić information content (AvgIpc) is 2.79. The fourth-order valence-corrected chi connectivity index (χ4v) is 4.35. The van der Waals surface area contributed by atoms with Crippen LogP contribution in [0.25, 0.3) is 11.0 Å². The molecule has 0 atom stereocenters. The first-order valence-electron chi connectivity index (χ1n) is 11.0. The summed E-state index contributed by atoms with van der Waals surface area (Å²) in [6, 6.07) is 2.00. The highest BCUT2D eigenvalue weighted by Crippen LogP contribution is 2.41. The van der Waals surface area contributed by atoms with Crippen molar-refractivity contribution in [1.82, 2.24) is 9.97 Å². The lowest BCUT2D eigenvalue weighted by atomic mass is 10.1. The molecule has 3 heterocycles. The van der Waals surface area contributed by atoms with E-state index in [1.54, 1.807) is 20.8 Å². The van der Waals surface area contributed by atoms with Gasteiger partial charge in [0.05, 0.1) is 36.1 Å². The molecule has 0 fully saturated rings. The topological polar surface area (TPSA) is 145 Å². The Balaban J connectivity index is 1.92. The first-order valence-corrected chi connectivity index (χ1v) is 12.5. The number of hydrogen-bond acceptors (Lipinski definition) is 8. The van der Waals surface area contributed by atoms with Crippen molar-refractivity contribution >= 4 is 44.4 Å². The average molecular weight is 554 g/mol. The van der Waals surface area contributed by atoms with Gasteiger partial charge in [0, 0.05) is 10.9 Å². The van der Waals surface area contributed by atoms with Gasteiger partial charge < -0.3 is 14.4 Å². The van der Waals surface area contributed by atoms with Gasteiger partial charge in [0.15, 0.2) is 11.5 Å². The largest absolute Gasteiger partial charge is 0.479 e. The maximum Gasteiger partial charge on any atom is 0.415 e. The minimum atomic E-state index is -4.42. The number of anilines is 2. The number of ether oxygens (including phenoxy) is 2. The third kappa shape index (κ3) is 5.06. The Morgan fingerprint density at radius 2 is 1.76 bits per heavy atom. The van der Waals surface area contributed by atoms with Crippen LogP contribution < -0.4 is 19.7 Å². The number of methoxy groups -OCH3 is 1. The van der Waals surface area contributed by atoms with Crippen LogP contribution in [0.2, 0.25) is 0 Å². The van der Waals surface area contributed by atoms with Crippen LogP contribution in [0.1, 0.15) is 26.3 Å². The number of primary sulfonamides is 1. The first-order chi connectivity index (χ1) is 17.6. The van der Waals surface area contributed by atoms with Gasteiger partial charge >= 0.3 is 6.09 Å². The number of aromatic nitrogens is 2. The molecule has 0 radical (unpaired) electrons. The van der Waals surface area contributed by atoms with E-state index in [4.69, 9.17) is 14.6 Å². The minimum absolute atomic E-state index is 0.0142. The van der Waals surface area contributed by atoms with E-state index in [1.807, 2.05) is 0 Å². The van der Waals surface area contributed by atoms with E-state index >= 15 is 0 Å². The second-order valence-electron chi connectivity index (χ2n) is 9.30. The standard InChI is InChI=1S/C23H22F3N5O6S/c1-23(2,3)37-22(33)30-10-18(32)31(9-13-14(24)5-11(6-15(13)25)38(27,34)35)19-12-7-16(26)21(36-4)29-20(12)28-8-17(19)30/h5-8H,9-10H2,1-4H3,(H2,27,34,35). The summed E-state index contributed by atoms with van der Waals surface area (Å²) in [5.41, 5.74) is -1.83. The molecule has 3 aromatic rings. The summed E-state index contributed by atoms with van der Waals surface area (Å²) in [4.78, 5) is 35.4. The molecule has 1 aliphatic rings. The molecule has 4 rings (SSSR count). The number of nitrogens with zero attached hydrogens (tertiary/aromatic N) is 4. The Kier molecular flexibility index (Phi) is 6.69. The van der Waals surface area contributed by atoms with Crippen LogP contribution >= 0.6 is 0 Å². The second-order valence-corrected chi connectivity index (χ2v) is 10.9. The molecular formula is C23H22F3N5O6S. The molecule has 15 heteroatoms. The summed E-state index contributed by atoms with van der Waals surface area (Å²) in [5, 5.41) is 4.90. The molecule has 38 heavy (non-hydrogen) atoms. The van der Waals surface area contributed by atoms with E-state index in [1.165, 1.54) is 13.3 Å². The van der Waals surface area contributed by atoms with E-state index < -0.39 is 74.5 Å². The van der Waals surface area contributed by atoms with Gasteiger partial charge in [-0.1, -0.05) is 0 Å². The summed E-state index contributed by atoms with van der Waals surface area (Å²) in [6.07, 6.45) is 0.270. The maximum atomic E-state index is 14.9. The van der Waals surface area contributed by atoms with Gasteiger partial charge in [-0.3, -0.25) is 9.69 Å². The Morgan fingerprint density at radius 1 is 1.13 bits per heavy atom. The summed E-state index contributed by atoms with van der Waals surface area (Å²) < 4.78 is 77.8. The number of hydrogen-bond donors (Lipinski definition) is 1. The fraction of sp³-hybridized carbons (Fsp3) is 0.304. The monoisotopic (exact) mass is 553 g/mol. The molecule has 0 bridgehead atoms. The molecule has 11 nitrogen and oxygen atoms in total. The normalized spacial score (nSPS) is 14.1. The number of carbonyl (C=O) groups excluding carboxylic acids is 2. The molecule has 2 amide bonds. The molecule has 2 N–H and O–H groups in total. The number of amides is 2. The van der Waals surface area contributed by atoms with Gasteiger partial charge in [-0.15, -0.1) is 0 Å². The van der Waals surface area contributed by atoms with E-state index in [9.17, 15) is 31.2 Å². The van der Waals surface area contributed by atoms with Gasteiger partial charge in [0.25, 0.3) is 5.88 Å². The van der Waals surface area contributed by atoms with Crippen LogP contribution in [-0.2, 0) is 26.1 Å². The van der Waals surface area contributed by atoms with Gasteiger partial charge in [-0.05, 0) is 39.0 Å². The number of fused-ring (bicyclic) bond motifs is 3. The van der Waals surface area contributed by atoms with Crippen molar-refractivity contribution < 1.29 is 40.7 Å². The lowest BCUT2D eigenvalue weighted by Crippen LogP contribution is -2.49. The summed E-state index contributed by atoms with van der Waals surface area (Å²) in [7, 11) is -3.23. The van der Waals surface area contributed by atoms with E-state index in [0.29, 0.717) is 12.1 Å². The second kappa shape index (κ2) is 9.40. The zero-order chi connectivity index (χ0) is 28.2. The first kappa shape index (κ1) is 27.1. The van der Waals surface area contributed by atoms with Crippen molar-refractivity contribution in [3.05, 3.63) is 47.4 Å². The quantitative estimate of drug-likeness (QED) is 0.519. The number of halogens is 3. The van der Waals surface area contributed by atoms with Gasteiger partial charge in [-0.25, -0.2) is 36.5 Å². The summed E-state index contributed by atoms with van der Waals surface area (Å²) >= 11 is 0. The van der Waals surface area contributed by atoms with Crippen molar-refractivity contribution in [3.8, 4) is 5.88 Å². The van der Waals surface area contributed by atoms with Crippen LogP contribution in [0.4, 0.5) is 29.3 Å². The molecular weight excluding hydrogens is 531 g/mol.